The van der Waals surface area contributed by atoms with E-state index in [4.69, 9.17) is 16.3 Å². The highest BCUT2D eigenvalue weighted by atomic mass is 35.5. The molecule has 1 fully saturated rings. The molecule has 172 valence electrons. The minimum atomic E-state index is -0.560. The molecule has 1 atom stereocenters. The molecule has 1 N–H and O–H groups in total. The van der Waals surface area contributed by atoms with Crippen LogP contribution in [0.1, 0.15) is 43.7 Å². The van der Waals surface area contributed by atoms with Gasteiger partial charge in [-0.1, -0.05) is 54.8 Å². The molecule has 1 aliphatic rings. The van der Waals surface area contributed by atoms with E-state index in [0.29, 0.717) is 17.3 Å². The number of hydrogen-bond acceptors (Lipinski definition) is 4. The van der Waals surface area contributed by atoms with Crippen LogP contribution in [-0.2, 0) is 21.9 Å². The third-order valence-electron chi connectivity index (χ3n) is 5.80. The van der Waals surface area contributed by atoms with Crippen molar-refractivity contribution in [2.24, 2.45) is 0 Å². The van der Waals surface area contributed by atoms with Gasteiger partial charge in [0.2, 0.25) is 11.8 Å². The fourth-order valence-electron chi connectivity index (χ4n) is 3.89. The molecule has 1 aliphatic carbocycles. The Morgan fingerprint density at radius 2 is 1.94 bits per heavy atom. The molecule has 2 aromatic rings. The molecule has 1 saturated carbocycles. The summed E-state index contributed by atoms with van der Waals surface area (Å²) in [5.74, 6) is 1.48. The van der Waals surface area contributed by atoms with Crippen molar-refractivity contribution >= 4 is 35.2 Å². The van der Waals surface area contributed by atoms with Gasteiger partial charge in [0.05, 0.1) is 12.9 Å². The first kappa shape index (κ1) is 24.5. The Kier molecular flexibility index (Phi) is 9.30. The standard InChI is InChI=1S/C25H31ClN2O3S/c1-18(25(30)27-21-10-4-5-11-21)28(15-19-8-7-12-22(14-19)31-2)24(29)17-32-16-20-9-3-6-13-23(20)26/h3,6-9,12-14,18,21H,4-5,10-11,15-17H2,1-2H3,(H,27,30). The molecule has 32 heavy (non-hydrogen) atoms. The van der Waals surface area contributed by atoms with E-state index in [1.807, 2.05) is 48.5 Å². The highest BCUT2D eigenvalue weighted by molar-refractivity contribution is 7.99. The normalized spacial score (nSPS) is 14.7. The predicted octanol–water partition coefficient (Wildman–Crippen LogP) is 5.06. The second-order valence-corrected chi connectivity index (χ2v) is 9.52. The molecule has 5 nitrogen and oxygen atoms in total. The topological polar surface area (TPSA) is 58.6 Å². The first-order valence-electron chi connectivity index (χ1n) is 11.0. The van der Waals surface area contributed by atoms with Gasteiger partial charge in [-0.05, 0) is 49.1 Å². The maximum atomic E-state index is 13.2. The minimum absolute atomic E-state index is 0.0704. The average Bonchev–Trinajstić information content (AvgIpc) is 3.31. The summed E-state index contributed by atoms with van der Waals surface area (Å²) in [6, 6.07) is 14.9. The molecule has 0 bridgehead atoms. The summed E-state index contributed by atoms with van der Waals surface area (Å²) >= 11 is 7.74. The highest BCUT2D eigenvalue weighted by Crippen LogP contribution is 2.23. The molecular formula is C25H31ClN2O3S. The molecule has 1 unspecified atom stereocenters. The summed E-state index contributed by atoms with van der Waals surface area (Å²) in [4.78, 5) is 27.8. The number of halogens is 1. The second-order valence-electron chi connectivity index (χ2n) is 8.12. The van der Waals surface area contributed by atoms with Crippen LogP contribution in [0.2, 0.25) is 5.02 Å². The van der Waals surface area contributed by atoms with Crippen LogP contribution in [0.4, 0.5) is 0 Å². The number of hydrogen-bond donors (Lipinski definition) is 1. The van der Waals surface area contributed by atoms with Gasteiger partial charge in [0, 0.05) is 23.4 Å². The third kappa shape index (κ3) is 6.91. The zero-order valence-corrected chi connectivity index (χ0v) is 20.3. The van der Waals surface area contributed by atoms with Crippen molar-refractivity contribution in [2.75, 3.05) is 12.9 Å². The Labute approximate surface area is 199 Å². The van der Waals surface area contributed by atoms with E-state index in [2.05, 4.69) is 5.32 Å². The fourth-order valence-corrected chi connectivity index (χ4v) is 5.08. The summed E-state index contributed by atoms with van der Waals surface area (Å²) in [6.45, 7) is 2.16. The van der Waals surface area contributed by atoms with E-state index >= 15 is 0 Å². The molecule has 0 saturated heterocycles. The smallest absolute Gasteiger partial charge is 0.242 e. The van der Waals surface area contributed by atoms with Gasteiger partial charge in [-0.25, -0.2) is 0 Å². The van der Waals surface area contributed by atoms with E-state index < -0.39 is 6.04 Å². The van der Waals surface area contributed by atoms with Gasteiger partial charge in [0.1, 0.15) is 11.8 Å². The highest BCUT2D eigenvalue weighted by Gasteiger charge is 2.28. The van der Waals surface area contributed by atoms with Gasteiger partial charge in [-0.15, -0.1) is 11.8 Å². The number of carbonyl (C=O) groups excluding carboxylic acids is 2. The van der Waals surface area contributed by atoms with E-state index in [0.717, 1.165) is 42.6 Å². The maximum Gasteiger partial charge on any atom is 0.242 e. The number of nitrogens with zero attached hydrogens (tertiary/aromatic N) is 1. The lowest BCUT2D eigenvalue weighted by Crippen LogP contribution is -2.50. The van der Waals surface area contributed by atoms with Crippen molar-refractivity contribution < 1.29 is 14.3 Å². The zero-order valence-electron chi connectivity index (χ0n) is 18.7. The van der Waals surface area contributed by atoms with E-state index in [9.17, 15) is 9.59 Å². The molecule has 3 rings (SSSR count). The van der Waals surface area contributed by atoms with Gasteiger partial charge >= 0.3 is 0 Å². The summed E-state index contributed by atoms with van der Waals surface area (Å²) in [6.07, 6.45) is 4.31. The monoisotopic (exact) mass is 474 g/mol. The van der Waals surface area contributed by atoms with Crippen molar-refractivity contribution in [1.82, 2.24) is 10.2 Å². The van der Waals surface area contributed by atoms with Crippen LogP contribution in [0.5, 0.6) is 5.75 Å². The summed E-state index contributed by atoms with van der Waals surface area (Å²) in [5, 5.41) is 3.83. The lowest BCUT2D eigenvalue weighted by Gasteiger charge is -2.30. The van der Waals surface area contributed by atoms with Gasteiger partial charge in [0.25, 0.3) is 0 Å². The molecule has 0 radical (unpaired) electrons. The quantitative estimate of drug-likeness (QED) is 0.523. The number of methoxy groups -OCH3 is 1. The molecule has 7 heteroatoms. The van der Waals surface area contributed by atoms with Gasteiger partial charge in [-0.2, -0.15) is 0 Å². The Morgan fingerprint density at radius 3 is 2.66 bits per heavy atom. The molecular weight excluding hydrogens is 444 g/mol. The zero-order chi connectivity index (χ0) is 22.9. The van der Waals surface area contributed by atoms with Crippen LogP contribution in [0.3, 0.4) is 0 Å². The van der Waals surface area contributed by atoms with Crippen molar-refractivity contribution in [3.63, 3.8) is 0 Å². The number of amides is 2. The average molecular weight is 475 g/mol. The second kappa shape index (κ2) is 12.2. The predicted molar refractivity (Wildman–Crippen MR) is 131 cm³/mol. The summed E-state index contributed by atoms with van der Waals surface area (Å²) < 4.78 is 5.32. The van der Waals surface area contributed by atoms with Crippen LogP contribution in [0.25, 0.3) is 0 Å². The first-order chi connectivity index (χ1) is 15.5. The number of benzene rings is 2. The molecule has 0 aromatic heterocycles. The van der Waals surface area contributed by atoms with E-state index in [1.54, 1.807) is 18.9 Å². The number of nitrogens with one attached hydrogen (secondary N) is 1. The van der Waals surface area contributed by atoms with Crippen LogP contribution in [0, 0.1) is 0 Å². The Bertz CT molecular complexity index is 918. The summed E-state index contributed by atoms with van der Waals surface area (Å²) in [7, 11) is 1.62. The third-order valence-corrected chi connectivity index (χ3v) is 7.13. The van der Waals surface area contributed by atoms with E-state index in [1.165, 1.54) is 11.8 Å². The number of thioether (sulfide) groups is 1. The van der Waals surface area contributed by atoms with Crippen LogP contribution >= 0.6 is 23.4 Å². The minimum Gasteiger partial charge on any atom is -0.497 e. The van der Waals surface area contributed by atoms with Crippen LogP contribution < -0.4 is 10.1 Å². The van der Waals surface area contributed by atoms with Crippen molar-refractivity contribution in [2.45, 2.75) is 57.0 Å². The van der Waals surface area contributed by atoms with E-state index in [-0.39, 0.29) is 23.6 Å². The lowest BCUT2D eigenvalue weighted by atomic mass is 10.1. The Hall–Kier alpha value is -2.18. The number of ether oxygens (including phenoxy) is 1. The largest absolute Gasteiger partial charge is 0.497 e. The molecule has 0 spiro atoms. The maximum absolute atomic E-state index is 13.2. The van der Waals surface area contributed by atoms with Gasteiger partial charge < -0.3 is 15.0 Å². The molecule has 2 aromatic carbocycles. The first-order valence-corrected chi connectivity index (χ1v) is 12.5. The molecule has 0 aliphatic heterocycles. The number of rotatable bonds is 10. The SMILES string of the molecule is COc1cccc(CN(C(=O)CSCc2ccccc2Cl)C(C)C(=O)NC2CCCC2)c1. The van der Waals surface area contributed by atoms with Crippen molar-refractivity contribution in [3.8, 4) is 5.75 Å². The van der Waals surface area contributed by atoms with Crippen molar-refractivity contribution in [3.05, 3.63) is 64.7 Å². The molecule has 2 amide bonds. The summed E-state index contributed by atoms with van der Waals surface area (Å²) in [5.41, 5.74) is 1.92. The fraction of sp³-hybridized carbons (Fsp3) is 0.440. The molecule has 0 heterocycles. The van der Waals surface area contributed by atoms with Crippen molar-refractivity contribution in [1.29, 1.82) is 0 Å². The van der Waals surface area contributed by atoms with Crippen LogP contribution in [0.15, 0.2) is 48.5 Å². The van der Waals surface area contributed by atoms with Gasteiger partial charge in [-0.3, -0.25) is 9.59 Å². The Morgan fingerprint density at radius 1 is 1.19 bits per heavy atom. The van der Waals surface area contributed by atoms with Gasteiger partial charge in [0.15, 0.2) is 0 Å². The lowest BCUT2D eigenvalue weighted by molar-refractivity contribution is -0.138. The number of carbonyl (C=O) groups is 2. The van der Waals surface area contributed by atoms with Crippen LogP contribution in [-0.4, -0.2) is 41.7 Å². The Balaban J connectivity index is 1.68.